The first-order valence-corrected chi connectivity index (χ1v) is 7.52. The van der Waals surface area contributed by atoms with Crippen molar-refractivity contribution in [1.29, 1.82) is 0 Å². The van der Waals surface area contributed by atoms with Gasteiger partial charge in [0.15, 0.2) is 0 Å². The van der Waals surface area contributed by atoms with Gasteiger partial charge in [-0.2, -0.15) is 10.2 Å². The van der Waals surface area contributed by atoms with Crippen molar-refractivity contribution in [3.8, 4) is 11.5 Å². The van der Waals surface area contributed by atoms with E-state index in [4.69, 9.17) is 21.1 Å². The van der Waals surface area contributed by atoms with Crippen LogP contribution >= 0.6 is 11.6 Å². The first-order valence-electron chi connectivity index (χ1n) is 7.14. The molecule has 2 aromatic carbocycles. The number of benzene rings is 2. The van der Waals surface area contributed by atoms with Crippen LogP contribution in [0.3, 0.4) is 0 Å². The average molecular weight is 333 g/mol. The Bertz CT molecular complexity index is 655. The number of hydrogen-bond acceptors (Lipinski definition) is 5. The third-order valence-electron chi connectivity index (χ3n) is 2.98. The molecule has 0 radical (unpaired) electrons. The second-order valence-corrected chi connectivity index (χ2v) is 5.12. The largest absolute Gasteiger partial charge is 0.497 e. The Morgan fingerprint density at radius 2 is 1.48 bits per heavy atom. The van der Waals surface area contributed by atoms with Crippen LogP contribution in [-0.4, -0.2) is 19.0 Å². The fraction of sp³-hybridized carbons (Fsp3) is 0.235. The normalized spacial score (nSPS) is 10.7. The molecule has 0 heterocycles. The van der Waals surface area contributed by atoms with Gasteiger partial charge in [-0.3, -0.25) is 4.79 Å². The van der Waals surface area contributed by atoms with E-state index in [1.54, 1.807) is 7.11 Å². The molecule has 0 aromatic heterocycles. The van der Waals surface area contributed by atoms with Gasteiger partial charge in [0.1, 0.15) is 11.5 Å². The number of halogens is 1. The Morgan fingerprint density at radius 3 is 1.96 bits per heavy atom. The van der Waals surface area contributed by atoms with E-state index in [9.17, 15) is 4.79 Å². The lowest BCUT2D eigenvalue weighted by Gasteiger charge is -2.04. The number of nitrogens with zero attached hydrogens (tertiary/aromatic N) is 2. The molecule has 0 spiro atoms. The number of carbonyl (C=O) groups excluding carboxylic acids is 1. The van der Waals surface area contributed by atoms with E-state index >= 15 is 0 Å². The Balaban J connectivity index is 1.86. The van der Waals surface area contributed by atoms with Crippen molar-refractivity contribution in [3.63, 3.8) is 0 Å². The standard InChI is InChI=1S/C17H17ClN2O3/c1-22-15-8-4-13(5-9-15)19-20-14-6-10-16(11-7-14)23-12-2-3-17(18)21/h4-11H,2-3,12H2,1H3. The summed E-state index contributed by atoms with van der Waals surface area (Å²) in [5.74, 6) is 1.50. The summed E-state index contributed by atoms with van der Waals surface area (Å²) in [6.45, 7) is 0.450. The molecule has 5 nitrogen and oxygen atoms in total. The topological polar surface area (TPSA) is 60.3 Å². The van der Waals surface area contributed by atoms with Crippen molar-refractivity contribution in [1.82, 2.24) is 0 Å². The van der Waals surface area contributed by atoms with E-state index in [2.05, 4.69) is 10.2 Å². The molecule has 0 aliphatic heterocycles. The number of ether oxygens (including phenoxy) is 2. The van der Waals surface area contributed by atoms with Gasteiger partial charge in [0.25, 0.3) is 0 Å². The zero-order valence-electron chi connectivity index (χ0n) is 12.7. The monoisotopic (exact) mass is 332 g/mol. The quantitative estimate of drug-likeness (QED) is 0.386. The first kappa shape index (κ1) is 17.0. The molecule has 0 fully saturated rings. The van der Waals surface area contributed by atoms with Crippen LogP contribution in [0.2, 0.25) is 0 Å². The predicted octanol–water partition coefficient (Wildman–Crippen LogP) is 5.04. The second kappa shape index (κ2) is 8.90. The molecule has 23 heavy (non-hydrogen) atoms. The number of azo groups is 1. The summed E-state index contributed by atoms with van der Waals surface area (Å²) >= 11 is 5.26. The first-order chi connectivity index (χ1) is 11.2. The van der Waals surface area contributed by atoms with Gasteiger partial charge < -0.3 is 9.47 Å². The SMILES string of the molecule is COc1ccc(N=Nc2ccc(OCCCC(=O)Cl)cc2)cc1. The maximum Gasteiger partial charge on any atom is 0.221 e. The maximum atomic E-state index is 10.6. The molecular formula is C17H17ClN2O3. The highest BCUT2D eigenvalue weighted by atomic mass is 35.5. The molecule has 6 heteroatoms. The molecule has 2 rings (SSSR count). The van der Waals surface area contributed by atoms with Crippen molar-refractivity contribution in [2.45, 2.75) is 12.8 Å². The van der Waals surface area contributed by atoms with Gasteiger partial charge in [-0.05, 0) is 66.6 Å². The Kier molecular flexibility index (Phi) is 6.56. The van der Waals surface area contributed by atoms with Gasteiger partial charge >= 0.3 is 0 Å². The van der Waals surface area contributed by atoms with Gasteiger partial charge in [0, 0.05) is 6.42 Å². The highest BCUT2D eigenvalue weighted by Crippen LogP contribution is 2.23. The van der Waals surface area contributed by atoms with E-state index in [1.165, 1.54) is 0 Å². The number of rotatable bonds is 8. The molecule has 0 unspecified atom stereocenters. The second-order valence-electron chi connectivity index (χ2n) is 4.70. The van der Waals surface area contributed by atoms with E-state index in [0.29, 0.717) is 19.4 Å². The highest BCUT2D eigenvalue weighted by Gasteiger charge is 1.98. The van der Waals surface area contributed by atoms with Crippen LogP contribution in [0.15, 0.2) is 58.8 Å². The van der Waals surface area contributed by atoms with Gasteiger partial charge in [-0.1, -0.05) is 0 Å². The van der Waals surface area contributed by atoms with Crippen molar-refractivity contribution >= 4 is 28.2 Å². The number of hydrogen-bond donors (Lipinski definition) is 0. The summed E-state index contributed by atoms with van der Waals surface area (Å²) in [6.07, 6.45) is 0.914. The average Bonchev–Trinajstić information content (AvgIpc) is 2.58. The third kappa shape index (κ3) is 6.08. The molecule has 0 amide bonds. The number of carbonyl (C=O) groups is 1. The Morgan fingerprint density at radius 1 is 0.957 bits per heavy atom. The minimum absolute atomic E-state index is 0.315. The summed E-state index contributed by atoms with van der Waals surface area (Å²) in [5, 5.41) is 7.97. The highest BCUT2D eigenvalue weighted by molar-refractivity contribution is 6.63. The Labute approximate surface area is 139 Å². The van der Waals surface area contributed by atoms with Gasteiger partial charge in [-0.25, -0.2) is 0 Å². The lowest BCUT2D eigenvalue weighted by Crippen LogP contribution is -1.99. The van der Waals surface area contributed by atoms with E-state index in [-0.39, 0.29) is 5.24 Å². The van der Waals surface area contributed by atoms with Crippen LogP contribution in [0.25, 0.3) is 0 Å². The molecule has 0 aliphatic rings. The van der Waals surface area contributed by atoms with E-state index < -0.39 is 0 Å². The molecule has 0 saturated carbocycles. The van der Waals surface area contributed by atoms with Crippen LogP contribution in [-0.2, 0) is 4.79 Å². The zero-order valence-corrected chi connectivity index (χ0v) is 13.5. The smallest absolute Gasteiger partial charge is 0.221 e. The van der Waals surface area contributed by atoms with Crippen molar-refractivity contribution in [2.24, 2.45) is 10.2 Å². The van der Waals surface area contributed by atoms with Crippen molar-refractivity contribution < 1.29 is 14.3 Å². The molecule has 0 bridgehead atoms. The van der Waals surface area contributed by atoms with Gasteiger partial charge in [-0.15, -0.1) is 0 Å². The summed E-state index contributed by atoms with van der Waals surface area (Å²) in [4.78, 5) is 10.6. The lowest BCUT2D eigenvalue weighted by atomic mass is 10.3. The maximum absolute atomic E-state index is 10.6. The fourth-order valence-corrected chi connectivity index (χ4v) is 1.91. The van der Waals surface area contributed by atoms with Crippen LogP contribution in [0.4, 0.5) is 11.4 Å². The van der Waals surface area contributed by atoms with Crippen LogP contribution < -0.4 is 9.47 Å². The van der Waals surface area contributed by atoms with Gasteiger partial charge in [0.05, 0.1) is 25.1 Å². The third-order valence-corrected chi connectivity index (χ3v) is 3.17. The number of methoxy groups -OCH3 is 1. The molecule has 0 saturated heterocycles. The minimum atomic E-state index is -0.345. The van der Waals surface area contributed by atoms with Crippen LogP contribution in [0.1, 0.15) is 12.8 Å². The predicted molar refractivity (Wildman–Crippen MR) is 89.2 cm³/mol. The molecule has 0 atom stereocenters. The summed E-state index contributed by atoms with van der Waals surface area (Å²) < 4.78 is 10.6. The molecule has 0 aliphatic carbocycles. The van der Waals surface area contributed by atoms with Gasteiger partial charge in [0.2, 0.25) is 5.24 Å². The Hall–Kier alpha value is -2.40. The van der Waals surface area contributed by atoms with Crippen LogP contribution in [0, 0.1) is 0 Å². The molecule has 2 aromatic rings. The summed E-state index contributed by atoms with van der Waals surface area (Å²) in [7, 11) is 1.62. The minimum Gasteiger partial charge on any atom is -0.497 e. The lowest BCUT2D eigenvalue weighted by molar-refractivity contribution is -0.111. The molecule has 0 N–H and O–H groups in total. The van der Waals surface area contributed by atoms with Crippen molar-refractivity contribution in [3.05, 3.63) is 48.5 Å². The summed E-state index contributed by atoms with van der Waals surface area (Å²) in [6, 6.07) is 14.6. The molecule has 120 valence electrons. The molecular weight excluding hydrogens is 316 g/mol. The van der Waals surface area contributed by atoms with E-state index in [0.717, 1.165) is 22.9 Å². The zero-order chi connectivity index (χ0) is 16.5. The van der Waals surface area contributed by atoms with Crippen LogP contribution in [0.5, 0.6) is 11.5 Å². The van der Waals surface area contributed by atoms with E-state index in [1.807, 2.05) is 48.5 Å². The fourth-order valence-electron chi connectivity index (χ4n) is 1.77. The van der Waals surface area contributed by atoms with Crippen molar-refractivity contribution in [2.75, 3.05) is 13.7 Å². The summed E-state index contributed by atoms with van der Waals surface area (Å²) in [5.41, 5.74) is 1.47.